The van der Waals surface area contributed by atoms with Crippen molar-refractivity contribution in [3.63, 3.8) is 0 Å². The molecule has 4 aromatic rings. The Morgan fingerprint density at radius 1 is 0.971 bits per heavy atom. The van der Waals surface area contributed by atoms with Gasteiger partial charge in [0, 0.05) is 5.56 Å². The molecule has 35 heavy (non-hydrogen) atoms. The molecular weight excluding hydrogens is 468 g/mol. The fourth-order valence-electron chi connectivity index (χ4n) is 3.49. The fourth-order valence-corrected chi connectivity index (χ4v) is 4.40. The predicted octanol–water partition coefficient (Wildman–Crippen LogP) is 5.34. The van der Waals surface area contributed by atoms with Crippen molar-refractivity contribution in [2.45, 2.75) is 11.8 Å². The molecule has 0 aliphatic heterocycles. The van der Waals surface area contributed by atoms with Gasteiger partial charge in [0.05, 0.1) is 42.3 Å². The van der Waals surface area contributed by atoms with Crippen molar-refractivity contribution in [3.8, 4) is 28.2 Å². The van der Waals surface area contributed by atoms with E-state index in [4.69, 9.17) is 13.9 Å². The number of nitrogens with zero attached hydrogens (tertiary/aromatic N) is 1. The lowest BCUT2D eigenvalue weighted by atomic mass is 10.0. The number of carbonyl (C=O) groups is 1. The SMILES string of the molecule is CCS(=O)(=O)c1ccc(OC)c(Nc2ncc(-c3cccc(-c4ccc(C(=O)OC)cc4)c3)o2)c1. The first-order valence-corrected chi connectivity index (χ1v) is 12.4. The minimum absolute atomic E-state index is 0.0102. The van der Waals surface area contributed by atoms with Crippen LogP contribution in [-0.2, 0) is 14.6 Å². The Morgan fingerprint density at radius 3 is 2.40 bits per heavy atom. The molecule has 0 bridgehead atoms. The molecule has 0 atom stereocenters. The Morgan fingerprint density at radius 2 is 1.71 bits per heavy atom. The van der Waals surface area contributed by atoms with Crippen LogP contribution < -0.4 is 10.1 Å². The summed E-state index contributed by atoms with van der Waals surface area (Å²) >= 11 is 0. The Labute approximate surface area is 203 Å². The lowest BCUT2D eigenvalue weighted by Crippen LogP contribution is -2.05. The average molecular weight is 493 g/mol. The second kappa shape index (κ2) is 10.0. The highest BCUT2D eigenvalue weighted by molar-refractivity contribution is 7.91. The summed E-state index contributed by atoms with van der Waals surface area (Å²) in [6, 6.07) is 19.6. The topological polar surface area (TPSA) is 108 Å². The van der Waals surface area contributed by atoms with Gasteiger partial charge in [-0.25, -0.2) is 18.2 Å². The number of anilines is 2. The van der Waals surface area contributed by atoms with Crippen LogP contribution in [0.5, 0.6) is 5.75 Å². The van der Waals surface area contributed by atoms with Gasteiger partial charge in [-0.05, 0) is 47.5 Å². The standard InChI is InChI=1S/C26H24N2O6S/c1-4-35(30,31)21-12-13-23(32-2)22(15-21)28-26-27-16-24(34-26)20-7-5-6-19(14-20)17-8-10-18(11-9-17)25(29)33-3/h5-16H,4H2,1-3H3,(H,27,28). The second-order valence-corrected chi connectivity index (χ2v) is 9.85. The normalized spacial score (nSPS) is 11.2. The first-order chi connectivity index (χ1) is 16.8. The van der Waals surface area contributed by atoms with E-state index in [2.05, 4.69) is 10.3 Å². The monoisotopic (exact) mass is 492 g/mol. The van der Waals surface area contributed by atoms with Crippen LogP contribution >= 0.6 is 0 Å². The molecule has 0 amide bonds. The Balaban J connectivity index is 1.59. The van der Waals surface area contributed by atoms with E-state index < -0.39 is 9.84 Å². The van der Waals surface area contributed by atoms with E-state index in [1.54, 1.807) is 31.3 Å². The van der Waals surface area contributed by atoms with Gasteiger partial charge < -0.3 is 19.2 Å². The first-order valence-electron chi connectivity index (χ1n) is 10.8. The smallest absolute Gasteiger partial charge is 0.337 e. The van der Waals surface area contributed by atoms with Gasteiger partial charge in [-0.15, -0.1) is 0 Å². The summed E-state index contributed by atoms with van der Waals surface area (Å²) in [5, 5.41) is 3.01. The maximum atomic E-state index is 12.3. The van der Waals surface area contributed by atoms with Crippen molar-refractivity contribution >= 4 is 27.5 Å². The summed E-state index contributed by atoms with van der Waals surface area (Å²) in [4.78, 5) is 16.1. The van der Waals surface area contributed by atoms with Gasteiger partial charge >= 0.3 is 5.97 Å². The molecule has 0 fully saturated rings. The van der Waals surface area contributed by atoms with Crippen molar-refractivity contribution in [2.24, 2.45) is 0 Å². The van der Waals surface area contributed by atoms with E-state index in [1.165, 1.54) is 26.4 Å². The summed E-state index contributed by atoms with van der Waals surface area (Å²) in [6.45, 7) is 1.59. The van der Waals surface area contributed by atoms with Crippen LogP contribution in [0.4, 0.5) is 11.7 Å². The summed E-state index contributed by atoms with van der Waals surface area (Å²) in [7, 11) is -0.542. The largest absolute Gasteiger partial charge is 0.495 e. The number of hydrogen-bond acceptors (Lipinski definition) is 8. The van der Waals surface area contributed by atoms with Crippen LogP contribution in [0.2, 0.25) is 0 Å². The zero-order chi connectivity index (χ0) is 25.0. The number of benzene rings is 3. The molecular formula is C26H24N2O6S. The highest BCUT2D eigenvalue weighted by Gasteiger charge is 2.16. The van der Waals surface area contributed by atoms with E-state index in [0.29, 0.717) is 22.8 Å². The van der Waals surface area contributed by atoms with Crippen LogP contribution in [0.15, 0.2) is 82.2 Å². The third-order valence-corrected chi connectivity index (χ3v) is 7.18. The number of esters is 1. The van der Waals surface area contributed by atoms with Crippen molar-refractivity contribution in [1.82, 2.24) is 4.98 Å². The molecule has 8 nitrogen and oxygen atoms in total. The minimum atomic E-state index is -3.39. The van der Waals surface area contributed by atoms with Gasteiger partial charge in [0.2, 0.25) is 0 Å². The number of aromatic nitrogens is 1. The first kappa shape index (κ1) is 24.0. The van der Waals surface area contributed by atoms with Gasteiger partial charge in [0.15, 0.2) is 15.6 Å². The number of rotatable bonds is 8. The molecule has 1 N–H and O–H groups in total. The zero-order valence-electron chi connectivity index (χ0n) is 19.4. The van der Waals surface area contributed by atoms with Crippen LogP contribution in [0.1, 0.15) is 17.3 Å². The van der Waals surface area contributed by atoms with Gasteiger partial charge in [0.1, 0.15) is 5.75 Å². The van der Waals surface area contributed by atoms with Crippen LogP contribution in [0.25, 0.3) is 22.5 Å². The van der Waals surface area contributed by atoms with E-state index in [-0.39, 0.29) is 22.6 Å². The van der Waals surface area contributed by atoms with E-state index in [9.17, 15) is 13.2 Å². The summed E-state index contributed by atoms with van der Waals surface area (Å²) in [5.41, 5.74) is 3.56. The third kappa shape index (κ3) is 5.20. The van der Waals surface area contributed by atoms with Crippen LogP contribution in [-0.4, -0.2) is 39.3 Å². The molecule has 0 saturated carbocycles. The Kier molecular flexibility index (Phi) is 6.88. The molecule has 0 aliphatic carbocycles. The molecule has 0 radical (unpaired) electrons. The number of carbonyl (C=O) groups excluding carboxylic acids is 1. The van der Waals surface area contributed by atoms with Gasteiger partial charge in [-0.1, -0.05) is 37.3 Å². The summed E-state index contributed by atoms with van der Waals surface area (Å²) < 4.78 is 40.5. The fraction of sp³-hybridized carbons (Fsp3) is 0.154. The minimum Gasteiger partial charge on any atom is -0.495 e. The highest BCUT2D eigenvalue weighted by atomic mass is 32.2. The Hall–Kier alpha value is -4.11. The average Bonchev–Trinajstić information content (AvgIpc) is 3.37. The van der Waals surface area contributed by atoms with E-state index in [0.717, 1.165) is 16.7 Å². The number of nitrogens with one attached hydrogen (secondary N) is 1. The van der Waals surface area contributed by atoms with E-state index in [1.807, 2.05) is 36.4 Å². The molecule has 4 rings (SSSR count). The molecule has 0 aliphatic rings. The van der Waals surface area contributed by atoms with Gasteiger partial charge in [0.25, 0.3) is 6.01 Å². The van der Waals surface area contributed by atoms with Crippen molar-refractivity contribution in [1.29, 1.82) is 0 Å². The number of ether oxygens (including phenoxy) is 2. The summed E-state index contributed by atoms with van der Waals surface area (Å²) in [6.07, 6.45) is 1.58. The molecule has 0 spiro atoms. The van der Waals surface area contributed by atoms with Gasteiger partial charge in [-0.2, -0.15) is 0 Å². The summed E-state index contributed by atoms with van der Waals surface area (Å²) in [5.74, 6) is 0.583. The molecule has 180 valence electrons. The maximum Gasteiger partial charge on any atom is 0.337 e. The van der Waals surface area contributed by atoms with Gasteiger partial charge in [-0.3, -0.25) is 0 Å². The maximum absolute atomic E-state index is 12.3. The lowest BCUT2D eigenvalue weighted by molar-refractivity contribution is 0.0600. The van der Waals surface area contributed by atoms with Crippen molar-refractivity contribution in [2.75, 3.05) is 25.3 Å². The predicted molar refractivity (Wildman–Crippen MR) is 133 cm³/mol. The van der Waals surface area contributed by atoms with E-state index >= 15 is 0 Å². The number of oxazole rings is 1. The molecule has 1 heterocycles. The number of hydrogen-bond donors (Lipinski definition) is 1. The lowest BCUT2D eigenvalue weighted by Gasteiger charge is -2.11. The molecule has 0 unspecified atom stereocenters. The Bertz CT molecular complexity index is 1460. The molecule has 0 saturated heterocycles. The molecule has 9 heteroatoms. The van der Waals surface area contributed by atoms with Crippen molar-refractivity contribution in [3.05, 3.63) is 78.5 Å². The second-order valence-electron chi connectivity index (χ2n) is 7.57. The molecule has 3 aromatic carbocycles. The highest BCUT2D eigenvalue weighted by Crippen LogP contribution is 2.33. The third-order valence-electron chi connectivity index (χ3n) is 5.44. The number of sulfone groups is 1. The zero-order valence-corrected chi connectivity index (χ0v) is 20.3. The van der Waals surface area contributed by atoms with Crippen molar-refractivity contribution < 1.29 is 27.1 Å². The van der Waals surface area contributed by atoms with Crippen LogP contribution in [0.3, 0.4) is 0 Å². The number of methoxy groups -OCH3 is 2. The van der Waals surface area contributed by atoms with Crippen LogP contribution in [0, 0.1) is 0 Å². The molecule has 1 aromatic heterocycles. The quantitative estimate of drug-likeness (QED) is 0.328.